The lowest BCUT2D eigenvalue weighted by Gasteiger charge is -2.32. The minimum absolute atomic E-state index is 0.0618. The van der Waals surface area contributed by atoms with Crippen molar-refractivity contribution in [2.24, 2.45) is 16.9 Å². The van der Waals surface area contributed by atoms with E-state index in [0.29, 0.717) is 13.0 Å². The molecule has 0 aromatic heterocycles. The van der Waals surface area contributed by atoms with Gasteiger partial charge in [0.15, 0.2) is 0 Å². The van der Waals surface area contributed by atoms with Gasteiger partial charge in [0.1, 0.15) is 0 Å². The molecule has 0 heterocycles. The van der Waals surface area contributed by atoms with Gasteiger partial charge in [-0.2, -0.15) is 0 Å². The molecule has 4 nitrogen and oxygen atoms in total. The van der Waals surface area contributed by atoms with Crippen LogP contribution in [0.25, 0.3) is 0 Å². The number of nitrogens with two attached hydrogens (primary N) is 2. The maximum atomic E-state index is 10.8. The van der Waals surface area contributed by atoms with Crippen LogP contribution in [-0.2, 0) is 4.79 Å². The lowest BCUT2D eigenvalue weighted by molar-refractivity contribution is -0.119. The molecule has 0 saturated heterocycles. The molecule has 0 aliphatic carbocycles. The highest BCUT2D eigenvalue weighted by Gasteiger charge is 2.20. The standard InChI is InChI=1S/C10H23N3O/c1-10(2,3)7-13(4)8(6-11)5-9(12)14/h8H,5-7,11H2,1-4H3,(H2,12,14). The summed E-state index contributed by atoms with van der Waals surface area (Å²) in [5, 5.41) is 0. The fourth-order valence-corrected chi connectivity index (χ4v) is 1.53. The SMILES string of the molecule is CN(CC(C)(C)C)C(CN)CC(N)=O. The third-order valence-electron chi connectivity index (χ3n) is 2.06. The third kappa shape index (κ3) is 5.94. The first-order chi connectivity index (χ1) is 6.26. The molecule has 0 spiro atoms. The molecule has 0 aliphatic heterocycles. The number of carbonyl (C=O) groups excluding carboxylic acids is 1. The van der Waals surface area contributed by atoms with Crippen LogP contribution in [0, 0.1) is 5.41 Å². The molecule has 0 saturated carbocycles. The van der Waals surface area contributed by atoms with Crippen molar-refractivity contribution in [3.63, 3.8) is 0 Å². The molecule has 84 valence electrons. The summed E-state index contributed by atoms with van der Waals surface area (Å²) in [5.74, 6) is -0.291. The Bertz CT molecular complexity index is 186. The molecule has 1 unspecified atom stereocenters. The lowest BCUT2D eigenvalue weighted by atomic mass is 9.95. The van der Waals surface area contributed by atoms with Gasteiger partial charge < -0.3 is 16.4 Å². The van der Waals surface area contributed by atoms with Crippen LogP contribution in [0.4, 0.5) is 0 Å². The van der Waals surface area contributed by atoms with Gasteiger partial charge >= 0.3 is 0 Å². The van der Waals surface area contributed by atoms with E-state index < -0.39 is 0 Å². The Balaban J connectivity index is 4.17. The zero-order valence-corrected chi connectivity index (χ0v) is 9.71. The number of hydrogen-bond donors (Lipinski definition) is 2. The second kappa shape index (κ2) is 5.32. The number of rotatable bonds is 5. The number of carbonyl (C=O) groups is 1. The summed E-state index contributed by atoms with van der Waals surface area (Å²) in [5.41, 5.74) is 10.9. The first kappa shape index (κ1) is 13.4. The van der Waals surface area contributed by atoms with Gasteiger partial charge in [-0.1, -0.05) is 20.8 Å². The van der Waals surface area contributed by atoms with E-state index in [9.17, 15) is 4.79 Å². The van der Waals surface area contributed by atoms with E-state index in [1.807, 2.05) is 7.05 Å². The van der Waals surface area contributed by atoms with Gasteiger partial charge in [-0.15, -0.1) is 0 Å². The van der Waals surface area contributed by atoms with Gasteiger partial charge in [0, 0.05) is 25.6 Å². The Morgan fingerprint density at radius 1 is 1.43 bits per heavy atom. The quantitative estimate of drug-likeness (QED) is 0.666. The molecule has 4 heteroatoms. The Hall–Kier alpha value is -0.610. The normalized spacial score (nSPS) is 14.4. The van der Waals surface area contributed by atoms with Gasteiger partial charge in [-0.05, 0) is 12.5 Å². The van der Waals surface area contributed by atoms with Crippen molar-refractivity contribution >= 4 is 5.91 Å². The first-order valence-electron chi connectivity index (χ1n) is 4.95. The Kier molecular flexibility index (Phi) is 5.08. The van der Waals surface area contributed by atoms with Crippen molar-refractivity contribution in [2.45, 2.75) is 33.2 Å². The molecular weight excluding hydrogens is 178 g/mol. The summed E-state index contributed by atoms with van der Waals surface area (Å²) >= 11 is 0. The summed E-state index contributed by atoms with van der Waals surface area (Å²) < 4.78 is 0. The molecule has 0 bridgehead atoms. The maximum absolute atomic E-state index is 10.8. The Morgan fingerprint density at radius 2 is 1.93 bits per heavy atom. The van der Waals surface area contributed by atoms with Crippen molar-refractivity contribution in [2.75, 3.05) is 20.1 Å². The smallest absolute Gasteiger partial charge is 0.219 e. The zero-order chi connectivity index (χ0) is 11.4. The molecule has 0 aromatic carbocycles. The highest BCUT2D eigenvalue weighted by molar-refractivity contribution is 5.74. The maximum Gasteiger partial charge on any atom is 0.219 e. The van der Waals surface area contributed by atoms with Crippen LogP contribution >= 0.6 is 0 Å². The zero-order valence-electron chi connectivity index (χ0n) is 9.71. The van der Waals surface area contributed by atoms with Crippen molar-refractivity contribution in [3.05, 3.63) is 0 Å². The van der Waals surface area contributed by atoms with Crippen LogP contribution in [0.15, 0.2) is 0 Å². The van der Waals surface area contributed by atoms with E-state index >= 15 is 0 Å². The summed E-state index contributed by atoms with van der Waals surface area (Å²) in [6.07, 6.45) is 0.336. The van der Waals surface area contributed by atoms with E-state index in [-0.39, 0.29) is 17.4 Å². The number of primary amides is 1. The summed E-state index contributed by atoms with van der Waals surface area (Å²) in [6, 6.07) is 0.0618. The van der Waals surface area contributed by atoms with E-state index in [4.69, 9.17) is 11.5 Å². The highest BCUT2D eigenvalue weighted by atomic mass is 16.1. The summed E-state index contributed by atoms with van der Waals surface area (Å²) in [7, 11) is 1.98. The van der Waals surface area contributed by atoms with E-state index in [1.165, 1.54) is 0 Å². The average molecular weight is 201 g/mol. The van der Waals surface area contributed by atoms with Gasteiger partial charge in [-0.3, -0.25) is 4.79 Å². The summed E-state index contributed by atoms with van der Waals surface area (Å²) in [4.78, 5) is 12.9. The fourth-order valence-electron chi connectivity index (χ4n) is 1.53. The van der Waals surface area contributed by atoms with Crippen molar-refractivity contribution in [1.29, 1.82) is 0 Å². The van der Waals surface area contributed by atoms with Crippen molar-refractivity contribution < 1.29 is 4.79 Å². The second-order valence-corrected chi connectivity index (χ2v) is 5.04. The van der Waals surface area contributed by atoms with Crippen LogP contribution in [0.3, 0.4) is 0 Å². The van der Waals surface area contributed by atoms with Gasteiger partial charge in [0.2, 0.25) is 5.91 Å². The number of likely N-dealkylation sites (N-methyl/N-ethyl adjacent to an activating group) is 1. The molecule has 14 heavy (non-hydrogen) atoms. The molecule has 0 aromatic rings. The van der Waals surface area contributed by atoms with Gasteiger partial charge in [0.25, 0.3) is 0 Å². The monoisotopic (exact) mass is 201 g/mol. The van der Waals surface area contributed by atoms with Gasteiger partial charge in [0.05, 0.1) is 0 Å². The predicted molar refractivity (Wildman–Crippen MR) is 58.7 cm³/mol. The molecule has 1 amide bonds. The fraction of sp³-hybridized carbons (Fsp3) is 0.900. The minimum Gasteiger partial charge on any atom is -0.370 e. The predicted octanol–water partition coefficient (Wildman–Crippen LogP) is 0.167. The Morgan fingerprint density at radius 3 is 2.21 bits per heavy atom. The minimum atomic E-state index is -0.291. The third-order valence-corrected chi connectivity index (χ3v) is 2.06. The van der Waals surface area contributed by atoms with Crippen LogP contribution in [0.5, 0.6) is 0 Å². The second-order valence-electron chi connectivity index (χ2n) is 5.04. The molecule has 0 rings (SSSR count). The Labute approximate surface area is 86.6 Å². The molecule has 1 atom stereocenters. The number of hydrogen-bond acceptors (Lipinski definition) is 3. The molecule has 0 aliphatic rings. The number of amides is 1. The first-order valence-corrected chi connectivity index (χ1v) is 4.95. The molecular formula is C10H23N3O. The van der Waals surface area contributed by atoms with Gasteiger partial charge in [-0.25, -0.2) is 0 Å². The highest BCUT2D eigenvalue weighted by Crippen LogP contribution is 2.16. The van der Waals surface area contributed by atoms with Crippen molar-refractivity contribution in [1.82, 2.24) is 4.90 Å². The van der Waals surface area contributed by atoms with Crippen LogP contribution in [0.2, 0.25) is 0 Å². The number of nitrogens with zero attached hydrogens (tertiary/aromatic N) is 1. The largest absolute Gasteiger partial charge is 0.370 e. The van der Waals surface area contributed by atoms with E-state index in [2.05, 4.69) is 25.7 Å². The molecule has 0 fully saturated rings. The lowest BCUT2D eigenvalue weighted by Crippen LogP contribution is -2.44. The van der Waals surface area contributed by atoms with Crippen LogP contribution in [-0.4, -0.2) is 37.0 Å². The van der Waals surface area contributed by atoms with E-state index in [1.54, 1.807) is 0 Å². The van der Waals surface area contributed by atoms with E-state index in [0.717, 1.165) is 6.54 Å². The van der Waals surface area contributed by atoms with Crippen LogP contribution in [0.1, 0.15) is 27.2 Å². The van der Waals surface area contributed by atoms with Crippen LogP contribution < -0.4 is 11.5 Å². The van der Waals surface area contributed by atoms with Crippen molar-refractivity contribution in [3.8, 4) is 0 Å². The molecule has 0 radical (unpaired) electrons. The average Bonchev–Trinajstić information content (AvgIpc) is 1.96. The topological polar surface area (TPSA) is 72.3 Å². The summed E-state index contributed by atoms with van der Waals surface area (Å²) in [6.45, 7) is 7.84. The molecule has 4 N–H and O–H groups in total.